The number of likely N-dealkylation sites (N-methyl/N-ethyl adjacent to an activating group) is 1. The van der Waals surface area contributed by atoms with Crippen LogP contribution < -0.4 is 0 Å². The number of methoxy groups -OCH3 is 1. The molecule has 1 atom stereocenters. The molecule has 0 radical (unpaired) electrons. The summed E-state index contributed by atoms with van der Waals surface area (Å²) in [4.78, 5) is 0. The van der Waals surface area contributed by atoms with Crippen LogP contribution in [0.25, 0.3) is 0 Å². The number of hydrogen-bond donors (Lipinski definition) is 0. The molecule has 0 N–H and O–H groups in total. The van der Waals surface area contributed by atoms with Crippen LogP contribution in [0.4, 0.5) is 0 Å². The van der Waals surface area contributed by atoms with Crippen LogP contribution in [-0.4, -0.2) is 32.0 Å². The summed E-state index contributed by atoms with van der Waals surface area (Å²) in [5.41, 5.74) is 1.14. The SMILES string of the molecule is COCC1=CCC(C)C=NN1C. The van der Waals surface area contributed by atoms with Crippen molar-refractivity contribution in [3.63, 3.8) is 0 Å². The first-order chi connectivity index (χ1) is 5.74. The molecule has 0 aromatic rings. The van der Waals surface area contributed by atoms with Gasteiger partial charge >= 0.3 is 0 Å². The minimum absolute atomic E-state index is 0.529. The molecule has 1 aliphatic rings. The lowest BCUT2D eigenvalue weighted by Gasteiger charge is -2.14. The van der Waals surface area contributed by atoms with Gasteiger partial charge in [0.2, 0.25) is 0 Å². The highest BCUT2D eigenvalue weighted by atomic mass is 16.5. The Hall–Kier alpha value is -0.830. The Kier molecular flexibility index (Phi) is 3.29. The molecule has 3 heteroatoms. The highest BCUT2D eigenvalue weighted by Gasteiger charge is 2.07. The molecule has 1 heterocycles. The molecule has 0 saturated carbocycles. The summed E-state index contributed by atoms with van der Waals surface area (Å²) in [5, 5.41) is 6.13. The Bertz CT molecular complexity index is 199. The van der Waals surface area contributed by atoms with E-state index in [0.29, 0.717) is 12.5 Å². The summed E-state index contributed by atoms with van der Waals surface area (Å²) in [6, 6.07) is 0. The fraction of sp³-hybridized carbons (Fsp3) is 0.667. The fourth-order valence-corrected chi connectivity index (χ4v) is 1.10. The number of ether oxygens (including phenoxy) is 1. The predicted octanol–water partition coefficient (Wildman–Crippen LogP) is 1.47. The van der Waals surface area contributed by atoms with E-state index in [-0.39, 0.29) is 0 Å². The third-order valence-electron chi connectivity index (χ3n) is 1.93. The van der Waals surface area contributed by atoms with E-state index in [1.165, 1.54) is 0 Å². The number of hydrazone groups is 1. The van der Waals surface area contributed by atoms with Crippen molar-refractivity contribution in [3.05, 3.63) is 11.8 Å². The second-order valence-electron chi connectivity index (χ2n) is 3.13. The summed E-state index contributed by atoms with van der Waals surface area (Å²) in [5.74, 6) is 0.529. The van der Waals surface area contributed by atoms with Crippen LogP contribution in [0.3, 0.4) is 0 Å². The van der Waals surface area contributed by atoms with Gasteiger partial charge in [0.15, 0.2) is 0 Å². The topological polar surface area (TPSA) is 24.8 Å². The highest BCUT2D eigenvalue weighted by Crippen LogP contribution is 2.12. The summed E-state index contributed by atoms with van der Waals surface area (Å²) < 4.78 is 5.06. The van der Waals surface area contributed by atoms with Gasteiger partial charge in [-0.05, 0) is 12.3 Å². The lowest BCUT2D eigenvalue weighted by atomic mass is 10.1. The van der Waals surface area contributed by atoms with Crippen LogP contribution in [0, 0.1) is 5.92 Å². The van der Waals surface area contributed by atoms with Crippen molar-refractivity contribution in [3.8, 4) is 0 Å². The van der Waals surface area contributed by atoms with Gasteiger partial charge in [0, 0.05) is 20.4 Å². The molecule has 0 amide bonds. The van der Waals surface area contributed by atoms with E-state index < -0.39 is 0 Å². The maximum atomic E-state index is 5.06. The van der Waals surface area contributed by atoms with E-state index in [2.05, 4.69) is 18.1 Å². The van der Waals surface area contributed by atoms with Gasteiger partial charge in [-0.1, -0.05) is 13.0 Å². The van der Waals surface area contributed by atoms with Crippen molar-refractivity contribution in [2.75, 3.05) is 20.8 Å². The zero-order chi connectivity index (χ0) is 8.97. The van der Waals surface area contributed by atoms with Gasteiger partial charge < -0.3 is 4.74 Å². The number of nitrogens with zero attached hydrogens (tertiary/aromatic N) is 2. The maximum Gasteiger partial charge on any atom is 0.0877 e. The third kappa shape index (κ3) is 2.34. The smallest absolute Gasteiger partial charge is 0.0877 e. The molecule has 0 fully saturated rings. The molecule has 12 heavy (non-hydrogen) atoms. The second kappa shape index (κ2) is 4.26. The van der Waals surface area contributed by atoms with Gasteiger partial charge in [0.1, 0.15) is 0 Å². The molecule has 0 bridgehead atoms. The molecular formula is C9H16N2O. The predicted molar refractivity (Wildman–Crippen MR) is 50.0 cm³/mol. The summed E-state index contributed by atoms with van der Waals surface area (Å²) in [6.45, 7) is 2.80. The number of allylic oxidation sites excluding steroid dienone is 1. The van der Waals surface area contributed by atoms with Crippen molar-refractivity contribution in [2.45, 2.75) is 13.3 Å². The van der Waals surface area contributed by atoms with Crippen molar-refractivity contribution in [1.82, 2.24) is 5.01 Å². The van der Waals surface area contributed by atoms with Gasteiger partial charge in [-0.25, -0.2) is 0 Å². The van der Waals surface area contributed by atoms with Gasteiger partial charge in [0.25, 0.3) is 0 Å². The third-order valence-corrected chi connectivity index (χ3v) is 1.93. The van der Waals surface area contributed by atoms with Gasteiger partial charge in [-0.2, -0.15) is 5.10 Å². The Morgan fingerprint density at radius 2 is 2.50 bits per heavy atom. The Labute approximate surface area is 73.7 Å². The van der Waals surface area contributed by atoms with E-state index in [1.807, 2.05) is 18.3 Å². The zero-order valence-electron chi connectivity index (χ0n) is 7.95. The second-order valence-corrected chi connectivity index (χ2v) is 3.13. The normalized spacial score (nSPS) is 23.8. The Morgan fingerprint density at radius 1 is 1.75 bits per heavy atom. The van der Waals surface area contributed by atoms with E-state index in [9.17, 15) is 0 Å². The lowest BCUT2D eigenvalue weighted by Crippen LogP contribution is -2.13. The van der Waals surface area contributed by atoms with Crippen LogP contribution in [0.5, 0.6) is 0 Å². The first-order valence-corrected chi connectivity index (χ1v) is 4.20. The maximum absolute atomic E-state index is 5.06. The largest absolute Gasteiger partial charge is 0.378 e. The van der Waals surface area contributed by atoms with Crippen molar-refractivity contribution < 1.29 is 4.74 Å². The standard InChI is InChI=1S/C9H16N2O/c1-8-4-5-9(7-12-3)11(2)10-6-8/h5-6,8H,4,7H2,1-3H3. The van der Waals surface area contributed by atoms with Crippen LogP contribution >= 0.6 is 0 Å². The van der Waals surface area contributed by atoms with Crippen molar-refractivity contribution >= 4 is 6.21 Å². The highest BCUT2D eigenvalue weighted by molar-refractivity contribution is 5.60. The molecule has 1 aliphatic heterocycles. The van der Waals surface area contributed by atoms with E-state index >= 15 is 0 Å². The van der Waals surface area contributed by atoms with Crippen LogP contribution in [0.15, 0.2) is 16.9 Å². The summed E-state index contributed by atoms with van der Waals surface area (Å²) in [7, 11) is 3.64. The van der Waals surface area contributed by atoms with Crippen LogP contribution in [0.2, 0.25) is 0 Å². The molecule has 0 aromatic carbocycles. The minimum Gasteiger partial charge on any atom is -0.378 e. The molecule has 3 nitrogen and oxygen atoms in total. The van der Waals surface area contributed by atoms with Gasteiger partial charge in [-0.3, -0.25) is 5.01 Å². The molecule has 1 unspecified atom stereocenters. The fourth-order valence-electron chi connectivity index (χ4n) is 1.10. The number of rotatable bonds is 2. The monoisotopic (exact) mass is 168 g/mol. The van der Waals surface area contributed by atoms with Crippen molar-refractivity contribution in [2.24, 2.45) is 11.0 Å². The van der Waals surface area contributed by atoms with Crippen LogP contribution in [-0.2, 0) is 4.74 Å². The van der Waals surface area contributed by atoms with E-state index in [4.69, 9.17) is 4.74 Å². The Balaban J connectivity index is 2.64. The van der Waals surface area contributed by atoms with E-state index in [1.54, 1.807) is 7.11 Å². The zero-order valence-corrected chi connectivity index (χ0v) is 7.95. The molecule has 68 valence electrons. The first kappa shape index (κ1) is 9.26. The molecular weight excluding hydrogens is 152 g/mol. The quantitative estimate of drug-likeness (QED) is 0.623. The van der Waals surface area contributed by atoms with E-state index in [0.717, 1.165) is 12.1 Å². The molecule has 0 spiro atoms. The molecule has 0 aromatic heterocycles. The number of hydrogen-bond acceptors (Lipinski definition) is 3. The molecule has 0 aliphatic carbocycles. The van der Waals surface area contributed by atoms with Gasteiger partial charge in [-0.15, -0.1) is 0 Å². The lowest BCUT2D eigenvalue weighted by molar-refractivity contribution is 0.198. The first-order valence-electron chi connectivity index (χ1n) is 4.20. The summed E-state index contributed by atoms with van der Waals surface area (Å²) in [6.07, 6.45) is 5.20. The summed E-state index contributed by atoms with van der Waals surface area (Å²) >= 11 is 0. The average molecular weight is 168 g/mol. The molecule has 1 rings (SSSR count). The Morgan fingerprint density at radius 3 is 3.17 bits per heavy atom. The van der Waals surface area contributed by atoms with Gasteiger partial charge in [0.05, 0.1) is 12.3 Å². The molecule has 0 saturated heterocycles. The van der Waals surface area contributed by atoms with Crippen molar-refractivity contribution in [1.29, 1.82) is 0 Å². The minimum atomic E-state index is 0.529. The van der Waals surface area contributed by atoms with Crippen LogP contribution in [0.1, 0.15) is 13.3 Å². The average Bonchev–Trinajstić information content (AvgIpc) is 2.20.